The van der Waals surface area contributed by atoms with E-state index in [2.05, 4.69) is 38.9 Å². The Hall–Kier alpha value is -1.93. The summed E-state index contributed by atoms with van der Waals surface area (Å²) in [6, 6.07) is 15.4. The van der Waals surface area contributed by atoms with Gasteiger partial charge >= 0.3 is 0 Å². The van der Waals surface area contributed by atoms with Gasteiger partial charge in [-0.3, -0.25) is 14.5 Å². The van der Waals surface area contributed by atoms with E-state index in [1.54, 1.807) is 0 Å². The van der Waals surface area contributed by atoms with Crippen LogP contribution >= 0.6 is 22.6 Å². The number of piperidine rings is 1. The fourth-order valence-corrected chi connectivity index (χ4v) is 3.76. The van der Waals surface area contributed by atoms with Gasteiger partial charge in [0.25, 0.3) is 5.91 Å². The number of halogens is 1. The Balaban J connectivity index is 1.60. The molecule has 0 atom stereocenters. The van der Waals surface area contributed by atoms with E-state index in [4.69, 9.17) is 5.73 Å². The molecule has 1 saturated heterocycles. The van der Waals surface area contributed by atoms with Crippen LogP contribution in [0.25, 0.3) is 0 Å². The van der Waals surface area contributed by atoms with E-state index in [0.29, 0.717) is 5.56 Å². The van der Waals surface area contributed by atoms with Crippen molar-refractivity contribution in [3.05, 3.63) is 63.2 Å². The minimum absolute atomic E-state index is 0.00513. The third-order valence-electron chi connectivity index (χ3n) is 4.67. The molecule has 0 aromatic heterocycles. The van der Waals surface area contributed by atoms with Crippen LogP contribution in [0.4, 0.5) is 5.69 Å². The van der Waals surface area contributed by atoms with E-state index in [9.17, 15) is 9.59 Å². The maximum absolute atomic E-state index is 12.4. The predicted molar refractivity (Wildman–Crippen MR) is 111 cm³/mol. The zero-order valence-corrected chi connectivity index (χ0v) is 16.6. The van der Waals surface area contributed by atoms with Crippen LogP contribution in [0.2, 0.25) is 0 Å². The monoisotopic (exact) mass is 463 g/mol. The van der Waals surface area contributed by atoms with Crippen LogP contribution in [-0.2, 0) is 11.3 Å². The number of carbonyl (C=O) groups is 2. The van der Waals surface area contributed by atoms with Crippen molar-refractivity contribution in [3.63, 3.8) is 0 Å². The van der Waals surface area contributed by atoms with Crippen LogP contribution in [0.15, 0.2) is 48.5 Å². The first-order valence-corrected chi connectivity index (χ1v) is 9.76. The lowest BCUT2D eigenvalue weighted by Crippen LogP contribution is -2.38. The van der Waals surface area contributed by atoms with Crippen LogP contribution in [0.5, 0.6) is 0 Å². The molecule has 136 valence electrons. The standard InChI is InChI=1S/C20H22IN3O2/c21-17-5-2-4-16(12-17)20(26)23-18-6-1-3-14(11-18)13-24-9-7-15(8-10-24)19(22)25/h1-6,11-12,15H,7-10,13H2,(H2,22,25)(H,23,26). The fourth-order valence-electron chi connectivity index (χ4n) is 3.21. The molecule has 1 fully saturated rings. The van der Waals surface area contributed by atoms with E-state index in [1.165, 1.54) is 0 Å². The van der Waals surface area contributed by atoms with Crippen molar-refractivity contribution in [3.8, 4) is 0 Å². The van der Waals surface area contributed by atoms with Crippen molar-refractivity contribution in [2.45, 2.75) is 19.4 Å². The highest BCUT2D eigenvalue weighted by molar-refractivity contribution is 14.1. The topological polar surface area (TPSA) is 75.4 Å². The number of likely N-dealkylation sites (tertiary alicyclic amines) is 1. The Morgan fingerprint density at radius 3 is 2.54 bits per heavy atom. The molecule has 0 bridgehead atoms. The largest absolute Gasteiger partial charge is 0.369 e. The number of hydrogen-bond donors (Lipinski definition) is 2. The quantitative estimate of drug-likeness (QED) is 0.669. The van der Waals surface area contributed by atoms with Crippen LogP contribution in [-0.4, -0.2) is 29.8 Å². The molecule has 0 aliphatic carbocycles. The number of primary amides is 1. The van der Waals surface area contributed by atoms with Gasteiger partial charge in [-0.1, -0.05) is 18.2 Å². The molecule has 0 radical (unpaired) electrons. The van der Waals surface area contributed by atoms with Crippen LogP contribution in [0.1, 0.15) is 28.8 Å². The van der Waals surface area contributed by atoms with Crippen molar-refractivity contribution < 1.29 is 9.59 Å². The Bertz CT molecular complexity index is 801. The molecular weight excluding hydrogens is 441 g/mol. The fraction of sp³-hybridized carbons (Fsp3) is 0.300. The highest BCUT2D eigenvalue weighted by atomic mass is 127. The Morgan fingerprint density at radius 1 is 1.12 bits per heavy atom. The van der Waals surface area contributed by atoms with Gasteiger partial charge in [-0.25, -0.2) is 0 Å². The highest BCUT2D eigenvalue weighted by Crippen LogP contribution is 2.20. The molecule has 1 aliphatic heterocycles. The molecule has 26 heavy (non-hydrogen) atoms. The molecule has 3 rings (SSSR count). The zero-order valence-electron chi connectivity index (χ0n) is 14.5. The third-order valence-corrected chi connectivity index (χ3v) is 5.34. The first-order chi connectivity index (χ1) is 12.5. The predicted octanol–water partition coefficient (Wildman–Crippen LogP) is 3.24. The first kappa shape index (κ1) is 18.8. The van der Waals surface area contributed by atoms with E-state index in [0.717, 1.165) is 47.3 Å². The second-order valence-electron chi connectivity index (χ2n) is 6.62. The summed E-state index contributed by atoms with van der Waals surface area (Å²) in [6.07, 6.45) is 1.64. The molecule has 3 N–H and O–H groups in total. The number of carbonyl (C=O) groups excluding carboxylic acids is 2. The average molecular weight is 463 g/mol. The SMILES string of the molecule is NC(=O)C1CCN(Cc2cccc(NC(=O)c3cccc(I)c3)c2)CC1. The number of anilines is 1. The van der Waals surface area contributed by atoms with Gasteiger partial charge in [0.1, 0.15) is 0 Å². The molecule has 5 nitrogen and oxygen atoms in total. The summed E-state index contributed by atoms with van der Waals surface area (Å²) in [5.74, 6) is -0.293. The molecule has 1 aliphatic rings. The number of rotatable bonds is 5. The Kier molecular flexibility index (Phi) is 6.26. The van der Waals surface area contributed by atoms with Crippen molar-refractivity contribution in [2.24, 2.45) is 11.7 Å². The second-order valence-corrected chi connectivity index (χ2v) is 7.86. The van der Waals surface area contributed by atoms with Gasteiger partial charge in [-0.05, 0) is 84.4 Å². The van der Waals surface area contributed by atoms with E-state index in [-0.39, 0.29) is 17.7 Å². The maximum Gasteiger partial charge on any atom is 0.255 e. The molecule has 2 amide bonds. The molecule has 1 heterocycles. The van der Waals surface area contributed by atoms with Gasteiger partial charge in [-0.15, -0.1) is 0 Å². The Morgan fingerprint density at radius 2 is 1.85 bits per heavy atom. The van der Waals surface area contributed by atoms with Gasteiger partial charge in [0, 0.05) is 27.3 Å². The minimum atomic E-state index is -0.190. The summed E-state index contributed by atoms with van der Waals surface area (Å²) >= 11 is 2.20. The van der Waals surface area contributed by atoms with Crippen molar-refractivity contribution in [2.75, 3.05) is 18.4 Å². The molecule has 2 aromatic rings. The zero-order chi connectivity index (χ0) is 18.5. The summed E-state index contributed by atoms with van der Waals surface area (Å²) in [5.41, 5.74) is 7.97. The number of nitrogens with two attached hydrogens (primary N) is 1. The summed E-state index contributed by atoms with van der Waals surface area (Å²) in [7, 11) is 0. The summed E-state index contributed by atoms with van der Waals surface area (Å²) in [6.45, 7) is 2.54. The van der Waals surface area contributed by atoms with Gasteiger partial charge in [0.2, 0.25) is 5.91 Å². The highest BCUT2D eigenvalue weighted by Gasteiger charge is 2.23. The van der Waals surface area contributed by atoms with Gasteiger partial charge in [0.05, 0.1) is 0 Å². The maximum atomic E-state index is 12.4. The van der Waals surface area contributed by atoms with Crippen molar-refractivity contribution in [1.29, 1.82) is 0 Å². The van der Waals surface area contributed by atoms with E-state index in [1.807, 2.05) is 42.5 Å². The number of hydrogen-bond acceptors (Lipinski definition) is 3. The summed E-state index contributed by atoms with van der Waals surface area (Å²) in [4.78, 5) is 26.0. The molecule has 0 spiro atoms. The van der Waals surface area contributed by atoms with E-state index >= 15 is 0 Å². The summed E-state index contributed by atoms with van der Waals surface area (Å²) in [5, 5.41) is 2.96. The lowest BCUT2D eigenvalue weighted by molar-refractivity contribution is -0.123. The third kappa shape index (κ3) is 5.04. The Labute approximate surface area is 167 Å². The molecule has 6 heteroatoms. The lowest BCUT2D eigenvalue weighted by atomic mass is 9.96. The molecule has 2 aromatic carbocycles. The van der Waals surface area contributed by atoms with Crippen LogP contribution < -0.4 is 11.1 Å². The van der Waals surface area contributed by atoms with Crippen LogP contribution in [0.3, 0.4) is 0 Å². The normalized spacial score (nSPS) is 15.6. The van der Waals surface area contributed by atoms with Gasteiger partial charge in [-0.2, -0.15) is 0 Å². The van der Waals surface area contributed by atoms with E-state index < -0.39 is 0 Å². The number of nitrogens with zero attached hydrogens (tertiary/aromatic N) is 1. The molecule has 0 unspecified atom stereocenters. The number of nitrogens with one attached hydrogen (secondary N) is 1. The van der Waals surface area contributed by atoms with Crippen molar-refractivity contribution in [1.82, 2.24) is 4.90 Å². The van der Waals surface area contributed by atoms with Crippen molar-refractivity contribution >= 4 is 40.1 Å². The van der Waals surface area contributed by atoms with Gasteiger partial charge in [0.15, 0.2) is 0 Å². The van der Waals surface area contributed by atoms with Gasteiger partial charge < -0.3 is 11.1 Å². The lowest BCUT2D eigenvalue weighted by Gasteiger charge is -2.30. The number of benzene rings is 2. The number of amides is 2. The summed E-state index contributed by atoms with van der Waals surface area (Å²) < 4.78 is 1.03. The molecular formula is C20H22IN3O2. The first-order valence-electron chi connectivity index (χ1n) is 8.69. The average Bonchev–Trinajstić information content (AvgIpc) is 2.62. The smallest absolute Gasteiger partial charge is 0.255 e. The molecule has 0 saturated carbocycles. The minimum Gasteiger partial charge on any atom is -0.369 e. The second kappa shape index (κ2) is 8.64. The van der Waals surface area contributed by atoms with Crippen LogP contribution in [0, 0.1) is 9.49 Å².